The zero-order chi connectivity index (χ0) is 15.3. The summed E-state index contributed by atoms with van der Waals surface area (Å²) >= 11 is 0. The van der Waals surface area contributed by atoms with Crippen molar-refractivity contribution >= 4 is 5.78 Å². The van der Waals surface area contributed by atoms with Crippen molar-refractivity contribution in [1.82, 2.24) is 0 Å². The zero-order valence-electron chi connectivity index (χ0n) is 14.2. The number of carbonyl (C=O) groups excluding carboxylic acids is 1. The third-order valence-electron chi connectivity index (χ3n) is 6.61. The highest BCUT2D eigenvalue weighted by Gasteiger charge is 2.49. The van der Waals surface area contributed by atoms with Crippen molar-refractivity contribution in [3.8, 4) is 0 Å². The highest BCUT2D eigenvalue weighted by Crippen LogP contribution is 2.59. The Morgan fingerprint density at radius 2 is 2.00 bits per heavy atom. The van der Waals surface area contributed by atoms with E-state index in [1.54, 1.807) is 5.57 Å². The van der Waals surface area contributed by atoms with E-state index in [2.05, 4.69) is 33.8 Å². The highest BCUT2D eigenvalue weighted by molar-refractivity contribution is 5.92. The van der Waals surface area contributed by atoms with Crippen molar-refractivity contribution in [3.63, 3.8) is 0 Å². The second-order valence-electron chi connectivity index (χ2n) is 8.36. The van der Waals surface area contributed by atoms with Crippen molar-refractivity contribution in [3.05, 3.63) is 23.3 Å². The molecule has 3 atom stereocenters. The minimum atomic E-state index is 0.194. The first kappa shape index (κ1) is 15.1. The average molecular weight is 286 g/mol. The number of fused-ring (bicyclic) bond motifs is 3. The Morgan fingerprint density at radius 1 is 1.24 bits per heavy atom. The van der Waals surface area contributed by atoms with E-state index in [0.29, 0.717) is 11.2 Å². The van der Waals surface area contributed by atoms with Crippen LogP contribution in [0.2, 0.25) is 0 Å². The minimum absolute atomic E-state index is 0.194. The fraction of sp³-hybridized carbons (Fsp3) is 0.750. The molecule has 0 radical (unpaired) electrons. The third-order valence-corrected chi connectivity index (χ3v) is 6.61. The molecule has 0 N–H and O–H groups in total. The minimum Gasteiger partial charge on any atom is -0.295 e. The van der Waals surface area contributed by atoms with Gasteiger partial charge in [-0.05, 0) is 55.4 Å². The predicted molar refractivity (Wildman–Crippen MR) is 88.0 cm³/mol. The molecule has 3 aliphatic rings. The molecular weight excluding hydrogens is 256 g/mol. The standard InChI is InChI=1S/C20H30O/c1-5-6-17-16-8-7-14-13-15(21)9-12-20(14,4)18(16)10-11-19(17,2)3/h10,13,16-17H,5-9,11-12H2,1-4H3/t16?,17?,20-/m0/s1. The van der Waals surface area contributed by atoms with Crippen LogP contribution in [0.1, 0.15) is 72.6 Å². The van der Waals surface area contributed by atoms with Crippen molar-refractivity contribution in [2.24, 2.45) is 22.7 Å². The number of allylic oxidation sites excluding steroid dienone is 4. The van der Waals surface area contributed by atoms with E-state index in [1.165, 1.54) is 31.3 Å². The molecule has 116 valence electrons. The van der Waals surface area contributed by atoms with Gasteiger partial charge < -0.3 is 0 Å². The molecule has 0 saturated heterocycles. The van der Waals surface area contributed by atoms with E-state index >= 15 is 0 Å². The first-order chi connectivity index (χ1) is 9.88. The van der Waals surface area contributed by atoms with Crippen LogP contribution in [-0.4, -0.2) is 5.78 Å². The molecule has 0 amide bonds. The predicted octanol–water partition coefficient (Wildman–Crippen LogP) is 5.46. The van der Waals surface area contributed by atoms with E-state index < -0.39 is 0 Å². The molecule has 0 aliphatic heterocycles. The fourth-order valence-electron chi connectivity index (χ4n) is 5.28. The van der Waals surface area contributed by atoms with E-state index in [0.717, 1.165) is 31.1 Å². The molecule has 0 heterocycles. The fourth-order valence-corrected chi connectivity index (χ4v) is 5.28. The number of hydrogen-bond donors (Lipinski definition) is 0. The first-order valence-corrected chi connectivity index (χ1v) is 8.83. The summed E-state index contributed by atoms with van der Waals surface area (Å²) in [5.74, 6) is 1.92. The lowest BCUT2D eigenvalue weighted by molar-refractivity contribution is -0.115. The summed E-state index contributed by atoms with van der Waals surface area (Å²) in [4.78, 5) is 11.8. The van der Waals surface area contributed by atoms with Crippen molar-refractivity contribution in [2.45, 2.75) is 72.6 Å². The normalized spacial score (nSPS) is 38.2. The summed E-state index contributed by atoms with van der Waals surface area (Å²) in [6.45, 7) is 9.64. The highest BCUT2D eigenvalue weighted by atomic mass is 16.1. The van der Waals surface area contributed by atoms with Gasteiger partial charge in [-0.1, -0.05) is 51.3 Å². The van der Waals surface area contributed by atoms with Crippen LogP contribution in [-0.2, 0) is 4.79 Å². The molecule has 0 aromatic carbocycles. The maximum atomic E-state index is 11.8. The van der Waals surface area contributed by atoms with Crippen LogP contribution < -0.4 is 0 Å². The second-order valence-corrected chi connectivity index (χ2v) is 8.36. The van der Waals surface area contributed by atoms with E-state index in [1.807, 2.05) is 6.08 Å². The number of rotatable bonds is 2. The van der Waals surface area contributed by atoms with Gasteiger partial charge in [0.2, 0.25) is 0 Å². The lowest BCUT2D eigenvalue weighted by Crippen LogP contribution is -2.43. The molecule has 1 fully saturated rings. The van der Waals surface area contributed by atoms with Crippen molar-refractivity contribution < 1.29 is 4.79 Å². The maximum absolute atomic E-state index is 11.8. The zero-order valence-corrected chi connectivity index (χ0v) is 14.2. The lowest BCUT2D eigenvalue weighted by atomic mass is 9.51. The Morgan fingerprint density at radius 3 is 2.71 bits per heavy atom. The van der Waals surface area contributed by atoms with Gasteiger partial charge in [0.05, 0.1) is 0 Å². The SMILES string of the molecule is CCCC1C2CCC3=CC(=O)CC[C@]3(C)C2=CCC1(C)C. The lowest BCUT2D eigenvalue weighted by Gasteiger charge is -2.53. The summed E-state index contributed by atoms with van der Waals surface area (Å²) in [6, 6.07) is 0. The van der Waals surface area contributed by atoms with Gasteiger partial charge in [-0.2, -0.15) is 0 Å². The van der Waals surface area contributed by atoms with Gasteiger partial charge in [0.15, 0.2) is 5.78 Å². The van der Waals surface area contributed by atoms with Crippen LogP contribution >= 0.6 is 0 Å². The van der Waals surface area contributed by atoms with Crippen LogP contribution in [0.15, 0.2) is 23.3 Å². The monoisotopic (exact) mass is 286 g/mol. The number of ketones is 1. The average Bonchev–Trinajstić information content (AvgIpc) is 2.42. The van der Waals surface area contributed by atoms with Crippen molar-refractivity contribution in [1.29, 1.82) is 0 Å². The summed E-state index contributed by atoms with van der Waals surface area (Å²) < 4.78 is 0. The first-order valence-electron chi connectivity index (χ1n) is 8.83. The van der Waals surface area contributed by atoms with E-state index in [4.69, 9.17) is 0 Å². The number of carbonyl (C=O) groups is 1. The summed E-state index contributed by atoms with van der Waals surface area (Å²) in [5.41, 5.74) is 3.74. The Hall–Kier alpha value is -0.850. The topological polar surface area (TPSA) is 17.1 Å². The largest absolute Gasteiger partial charge is 0.295 e. The maximum Gasteiger partial charge on any atom is 0.155 e. The second kappa shape index (κ2) is 5.11. The molecule has 21 heavy (non-hydrogen) atoms. The Labute approximate surface area is 129 Å². The van der Waals surface area contributed by atoms with Gasteiger partial charge in [-0.25, -0.2) is 0 Å². The van der Waals surface area contributed by atoms with Gasteiger partial charge >= 0.3 is 0 Å². The summed E-state index contributed by atoms with van der Waals surface area (Å²) in [6.07, 6.45) is 12.6. The third kappa shape index (κ3) is 2.33. The molecular formula is C20H30O. The molecule has 1 saturated carbocycles. The van der Waals surface area contributed by atoms with Gasteiger partial charge in [0.1, 0.15) is 0 Å². The molecule has 0 aromatic heterocycles. The molecule has 1 heteroatoms. The molecule has 1 nitrogen and oxygen atoms in total. The van der Waals surface area contributed by atoms with Crippen LogP contribution in [0.4, 0.5) is 0 Å². The Balaban J connectivity index is 2.00. The molecule has 0 aromatic rings. The quantitative estimate of drug-likeness (QED) is 0.616. The molecule has 3 rings (SSSR count). The van der Waals surface area contributed by atoms with Gasteiger partial charge in [0, 0.05) is 11.8 Å². The van der Waals surface area contributed by atoms with Crippen LogP contribution in [0.5, 0.6) is 0 Å². The van der Waals surface area contributed by atoms with Crippen molar-refractivity contribution in [2.75, 3.05) is 0 Å². The van der Waals surface area contributed by atoms with E-state index in [-0.39, 0.29) is 5.41 Å². The molecule has 2 unspecified atom stereocenters. The van der Waals surface area contributed by atoms with Crippen LogP contribution in [0, 0.1) is 22.7 Å². The molecule has 0 spiro atoms. The molecule has 3 aliphatic carbocycles. The van der Waals surface area contributed by atoms with Gasteiger partial charge in [-0.15, -0.1) is 0 Å². The van der Waals surface area contributed by atoms with Crippen LogP contribution in [0.3, 0.4) is 0 Å². The number of hydrogen-bond acceptors (Lipinski definition) is 1. The summed E-state index contributed by atoms with van der Waals surface area (Å²) in [5, 5.41) is 0. The van der Waals surface area contributed by atoms with Gasteiger partial charge in [-0.3, -0.25) is 4.79 Å². The molecule has 0 bridgehead atoms. The van der Waals surface area contributed by atoms with Crippen LogP contribution in [0.25, 0.3) is 0 Å². The summed E-state index contributed by atoms with van der Waals surface area (Å²) in [7, 11) is 0. The van der Waals surface area contributed by atoms with Gasteiger partial charge in [0.25, 0.3) is 0 Å². The van der Waals surface area contributed by atoms with E-state index in [9.17, 15) is 4.79 Å². The Kier molecular flexibility index (Phi) is 3.66. The Bertz CT molecular complexity index is 508. The smallest absolute Gasteiger partial charge is 0.155 e.